The van der Waals surface area contributed by atoms with Crippen LogP contribution in [0.25, 0.3) is 0 Å². The van der Waals surface area contributed by atoms with Crippen molar-refractivity contribution >= 4 is 17.2 Å². The van der Waals surface area contributed by atoms with Crippen LogP contribution < -0.4 is 5.32 Å². The van der Waals surface area contributed by atoms with E-state index < -0.39 is 0 Å². The Morgan fingerprint density at radius 1 is 1.22 bits per heavy atom. The van der Waals surface area contributed by atoms with Crippen molar-refractivity contribution in [3.8, 4) is 0 Å². The monoisotopic (exact) mass is 328 g/mol. The summed E-state index contributed by atoms with van der Waals surface area (Å²) in [6.45, 7) is 6.55. The fourth-order valence-corrected chi connectivity index (χ4v) is 3.94. The summed E-state index contributed by atoms with van der Waals surface area (Å²) >= 11 is 1.77. The summed E-state index contributed by atoms with van der Waals surface area (Å²) in [5.74, 6) is 0.157. The first-order chi connectivity index (χ1) is 11.1. The molecule has 1 aromatic heterocycles. The number of nitrogens with one attached hydrogen (secondary N) is 1. The van der Waals surface area contributed by atoms with Crippen molar-refractivity contribution in [3.63, 3.8) is 0 Å². The van der Waals surface area contributed by atoms with Crippen molar-refractivity contribution in [1.29, 1.82) is 0 Å². The molecule has 23 heavy (non-hydrogen) atoms. The third-order valence-electron chi connectivity index (χ3n) is 4.47. The van der Waals surface area contributed by atoms with Crippen molar-refractivity contribution in [3.05, 3.63) is 57.8 Å². The number of nitrogens with zero attached hydrogens (tertiary/aromatic N) is 1. The maximum atomic E-state index is 12.0. The van der Waals surface area contributed by atoms with E-state index in [0.717, 1.165) is 19.5 Å². The van der Waals surface area contributed by atoms with Gasteiger partial charge in [0.05, 0.1) is 6.04 Å². The van der Waals surface area contributed by atoms with Gasteiger partial charge < -0.3 is 5.32 Å². The summed E-state index contributed by atoms with van der Waals surface area (Å²) in [6.07, 6.45) is 1.08. The molecule has 1 aromatic carbocycles. The summed E-state index contributed by atoms with van der Waals surface area (Å²) in [6, 6.07) is 13.2. The molecule has 1 aliphatic heterocycles. The molecule has 1 N–H and O–H groups in total. The van der Waals surface area contributed by atoms with Gasteiger partial charge in [-0.2, -0.15) is 0 Å². The predicted molar refractivity (Wildman–Crippen MR) is 95.5 cm³/mol. The number of fused-ring (bicyclic) bond motifs is 1. The van der Waals surface area contributed by atoms with Crippen LogP contribution in [0.15, 0.2) is 41.8 Å². The molecule has 0 spiro atoms. The van der Waals surface area contributed by atoms with Crippen LogP contribution in [0.3, 0.4) is 0 Å². The lowest BCUT2D eigenvalue weighted by molar-refractivity contribution is -0.124. The first kappa shape index (κ1) is 16.2. The molecule has 3 rings (SSSR count). The molecular formula is C19H24N2OS. The van der Waals surface area contributed by atoms with Crippen molar-refractivity contribution in [2.24, 2.45) is 5.92 Å². The Morgan fingerprint density at radius 2 is 2.00 bits per heavy atom. The molecule has 1 atom stereocenters. The van der Waals surface area contributed by atoms with Crippen LogP contribution in [-0.2, 0) is 17.8 Å². The minimum absolute atomic E-state index is 0.0288. The number of thiophene rings is 1. The van der Waals surface area contributed by atoms with Gasteiger partial charge in [0.25, 0.3) is 0 Å². The number of carbonyl (C=O) groups excluding carboxylic acids is 1. The standard InChI is InChI=1S/C19H24N2OS/c1-14(2)19(22)20-12-17(18-8-5-11-23-18)21-10-9-15-6-3-4-7-16(15)13-21/h3-8,11,14,17H,9-10,12-13H2,1-2H3,(H,20,22)/t17-/m1/s1. The van der Waals surface area contributed by atoms with Gasteiger partial charge in [0.1, 0.15) is 0 Å². The van der Waals surface area contributed by atoms with Gasteiger partial charge in [-0.15, -0.1) is 11.3 Å². The van der Waals surface area contributed by atoms with E-state index in [1.807, 2.05) is 13.8 Å². The molecule has 0 aliphatic carbocycles. The molecule has 122 valence electrons. The van der Waals surface area contributed by atoms with E-state index in [2.05, 4.69) is 52.0 Å². The third-order valence-corrected chi connectivity index (χ3v) is 5.44. The molecule has 3 nitrogen and oxygen atoms in total. The summed E-state index contributed by atoms with van der Waals surface area (Å²) < 4.78 is 0. The van der Waals surface area contributed by atoms with E-state index >= 15 is 0 Å². The Morgan fingerprint density at radius 3 is 2.70 bits per heavy atom. The van der Waals surface area contributed by atoms with Gasteiger partial charge in [-0.1, -0.05) is 44.2 Å². The highest BCUT2D eigenvalue weighted by atomic mass is 32.1. The number of hydrogen-bond donors (Lipinski definition) is 1. The molecule has 2 heterocycles. The molecule has 0 fully saturated rings. The molecule has 0 saturated carbocycles. The van der Waals surface area contributed by atoms with Crippen LogP contribution >= 0.6 is 11.3 Å². The quantitative estimate of drug-likeness (QED) is 0.909. The molecular weight excluding hydrogens is 304 g/mol. The maximum absolute atomic E-state index is 12.0. The van der Waals surface area contributed by atoms with Crippen LogP contribution in [0.4, 0.5) is 0 Å². The average Bonchev–Trinajstić information content (AvgIpc) is 3.09. The smallest absolute Gasteiger partial charge is 0.222 e. The molecule has 2 aromatic rings. The van der Waals surface area contributed by atoms with Gasteiger partial charge in [-0.3, -0.25) is 9.69 Å². The third kappa shape index (κ3) is 3.82. The second-order valence-electron chi connectivity index (χ2n) is 6.42. The largest absolute Gasteiger partial charge is 0.354 e. The SMILES string of the molecule is CC(C)C(=O)NC[C@H](c1cccs1)N1CCc2ccccc2C1. The van der Waals surface area contributed by atoms with Crippen LogP contribution in [0.5, 0.6) is 0 Å². The second kappa shape index (κ2) is 7.28. The first-order valence-electron chi connectivity index (χ1n) is 8.27. The van der Waals surface area contributed by atoms with E-state index in [0.29, 0.717) is 6.54 Å². The van der Waals surface area contributed by atoms with Gasteiger partial charge in [0, 0.05) is 30.4 Å². The Balaban J connectivity index is 1.75. The number of carbonyl (C=O) groups is 1. The zero-order chi connectivity index (χ0) is 16.2. The van der Waals surface area contributed by atoms with E-state index in [1.54, 1.807) is 11.3 Å². The summed E-state index contributed by atoms with van der Waals surface area (Å²) in [5, 5.41) is 5.23. The maximum Gasteiger partial charge on any atom is 0.222 e. The van der Waals surface area contributed by atoms with Gasteiger partial charge in [0.2, 0.25) is 5.91 Å². The Labute approximate surface area is 142 Å². The fraction of sp³-hybridized carbons (Fsp3) is 0.421. The Hall–Kier alpha value is -1.65. The molecule has 0 bridgehead atoms. The topological polar surface area (TPSA) is 32.3 Å². The lowest BCUT2D eigenvalue weighted by Crippen LogP contribution is -2.41. The lowest BCUT2D eigenvalue weighted by Gasteiger charge is -2.35. The minimum Gasteiger partial charge on any atom is -0.354 e. The second-order valence-corrected chi connectivity index (χ2v) is 7.40. The van der Waals surface area contributed by atoms with E-state index in [4.69, 9.17) is 0 Å². The highest BCUT2D eigenvalue weighted by Crippen LogP contribution is 2.30. The van der Waals surface area contributed by atoms with E-state index in [1.165, 1.54) is 16.0 Å². The van der Waals surface area contributed by atoms with Crippen LogP contribution in [-0.4, -0.2) is 23.9 Å². The Bertz CT molecular complexity index is 651. The summed E-state index contributed by atoms with van der Waals surface area (Å²) in [5.41, 5.74) is 2.87. The van der Waals surface area contributed by atoms with Crippen molar-refractivity contribution in [2.75, 3.05) is 13.1 Å². The highest BCUT2D eigenvalue weighted by molar-refractivity contribution is 7.10. The molecule has 0 saturated heterocycles. The number of hydrogen-bond acceptors (Lipinski definition) is 3. The zero-order valence-corrected chi connectivity index (χ0v) is 14.6. The predicted octanol–water partition coefficient (Wildman–Crippen LogP) is 3.62. The molecule has 4 heteroatoms. The van der Waals surface area contributed by atoms with Crippen LogP contribution in [0.2, 0.25) is 0 Å². The molecule has 0 radical (unpaired) electrons. The van der Waals surface area contributed by atoms with Gasteiger partial charge in [-0.25, -0.2) is 0 Å². The number of amides is 1. The lowest BCUT2D eigenvalue weighted by atomic mass is 9.98. The van der Waals surface area contributed by atoms with Crippen LogP contribution in [0.1, 0.15) is 35.9 Å². The normalized spacial score (nSPS) is 16.1. The molecule has 1 amide bonds. The van der Waals surface area contributed by atoms with Crippen molar-refractivity contribution < 1.29 is 4.79 Å². The van der Waals surface area contributed by atoms with Crippen LogP contribution in [0, 0.1) is 5.92 Å². The average molecular weight is 328 g/mol. The summed E-state index contributed by atoms with van der Waals surface area (Å²) in [4.78, 5) is 15.8. The first-order valence-corrected chi connectivity index (χ1v) is 9.15. The fourth-order valence-electron chi connectivity index (χ4n) is 3.08. The Kier molecular flexibility index (Phi) is 5.13. The van der Waals surface area contributed by atoms with Gasteiger partial charge >= 0.3 is 0 Å². The minimum atomic E-state index is 0.0288. The number of benzene rings is 1. The summed E-state index contributed by atoms with van der Waals surface area (Å²) in [7, 11) is 0. The highest BCUT2D eigenvalue weighted by Gasteiger charge is 2.26. The molecule has 1 aliphatic rings. The van der Waals surface area contributed by atoms with E-state index in [9.17, 15) is 4.79 Å². The molecule has 0 unspecified atom stereocenters. The zero-order valence-electron chi connectivity index (χ0n) is 13.8. The van der Waals surface area contributed by atoms with Crippen molar-refractivity contribution in [2.45, 2.75) is 32.9 Å². The van der Waals surface area contributed by atoms with Crippen molar-refractivity contribution in [1.82, 2.24) is 10.2 Å². The van der Waals surface area contributed by atoms with E-state index in [-0.39, 0.29) is 17.9 Å². The number of rotatable bonds is 5. The van der Waals surface area contributed by atoms with Gasteiger partial charge in [-0.05, 0) is 29.0 Å². The van der Waals surface area contributed by atoms with Gasteiger partial charge in [0.15, 0.2) is 0 Å².